The van der Waals surface area contributed by atoms with Crippen molar-refractivity contribution >= 4 is 10.8 Å². The number of hydrogen-bond donors (Lipinski definition) is 0. The van der Waals surface area contributed by atoms with Gasteiger partial charge in [-0.1, -0.05) is 72.8 Å². The van der Waals surface area contributed by atoms with Crippen molar-refractivity contribution in [3.8, 4) is 22.3 Å². The highest BCUT2D eigenvalue weighted by atomic mass is 16.5. The maximum absolute atomic E-state index is 4.77. The van der Waals surface area contributed by atoms with Crippen LogP contribution in [-0.4, -0.2) is 0 Å². The van der Waals surface area contributed by atoms with Crippen LogP contribution in [0.2, 0.25) is 0 Å². The summed E-state index contributed by atoms with van der Waals surface area (Å²) in [6.45, 7) is 0. The average Bonchev–Trinajstić information content (AvgIpc) is 2.80. The summed E-state index contributed by atoms with van der Waals surface area (Å²) < 4.78 is 4.77. The van der Waals surface area contributed by atoms with Crippen LogP contribution in [0.1, 0.15) is 0 Å². The molecule has 0 saturated carbocycles. The molecule has 2 aliphatic rings. The molecule has 0 aromatic heterocycles. The number of hydrogen-bond acceptors (Lipinski definition) is 1. The molecular weight excluding hydrogens is 280 g/mol. The van der Waals surface area contributed by atoms with Crippen molar-refractivity contribution in [2.75, 3.05) is 0 Å². The molecule has 5 rings (SSSR count). The van der Waals surface area contributed by atoms with Crippen LogP contribution in [0, 0.1) is 0 Å². The summed E-state index contributed by atoms with van der Waals surface area (Å²) in [5.74, 6) is 0. The Labute approximate surface area is 135 Å². The van der Waals surface area contributed by atoms with Crippen LogP contribution in [0.3, 0.4) is 0 Å². The van der Waals surface area contributed by atoms with E-state index in [1.54, 1.807) is 12.5 Å². The van der Waals surface area contributed by atoms with E-state index in [4.69, 9.17) is 4.74 Å². The summed E-state index contributed by atoms with van der Waals surface area (Å²) in [7, 11) is 0. The van der Waals surface area contributed by atoms with Crippen LogP contribution in [0.5, 0.6) is 0 Å². The van der Waals surface area contributed by atoms with Crippen LogP contribution >= 0.6 is 0 Å². The molecule has 0 atom stereocenters. The summed E-state index contributed by atoms with van der Waals surface area (Å²) in [6.07, 6.45) is 10.7. The van der Waals surface area contributed by atoms with Gasteiger partial charge in [-0.2, -0.15) is 0 Å². The molecule has 23 heavy (non-hydrogen) atoms. The van der Waals surface area contributed by atoms with E-state index in [1.807, 2.05) is 24.3 Å². The number of fused-ring (bicyclic) bond motifs is 3. The summed E-state index contributed by atoms with van der Waals surface area (Å²) in [5.41, 5.74) is 5.50. The minimum absolute atomic E-state index is 1.34. The zero-order chi connectivity index (χ0) is 15.5. The van der Waals surface area contributed by atoms with Gasteiger partial charge in [0.15, 0.2) is 0 Å². The van der Waals surface area contributed by atoms with Gasteiger partial charge < -0.3 is 4.74 Å². The monoisotopic (exact) mass is 296 g/mol. The van der Waals surface area contributed by atoms with E-state index in [1.165, 1.54) is 33.0 Å². The zero-order valence-corrected chi connectivity index (χ0v) is 12.6. The van der Waals surface area contributed by atoms with Gasteiger partial charge in [0, 0.05) is 0 Å². The molecule has 1 heteroatoms. The fourth-order valence-electron chi connectivity index (χ4n) is 3.10. The van der Waals surface area contributed by atoms with Crippen molar-refractivity contribution in [1.29, 1.82) is 0 Å². The van der Waals surface area contributed by atoms with Crippen molar-refractivity contribution < 1.29 is 4.74 Å². The molecule has 1 heterocycles. The Morgan fingerprint density at radius 1 is 0.478 bits per heavy atom. The van der Waals surface area contributed by atoms with Crippen LogP contribution < -0.4 is 0 Å². The van der Waals surface area contributed by atoms with Gasteiger partial charge in [-0.3, -0.25) is 0 Å². The Kier molecular flexibility index (Phi) is 3.53. The van der Waals surface area contributed by atoms with E-state index in [2.05, 4.69) is 60.7 Å². The predicted octanol–water partition coefficient (Wildman–Crippen LogP) is 6.09. The smallest absolute Gasteiger partial charge is 0.0901 e. The molecule has 1 aliphatic heterocycles. The molecule has 0 spiro atoms. The molecule has 0 N–H and O–H groups in total. The molecule has 0 saturated heterocycles. The Morgan fingerprint density at radius 3 is 1.57 bits per heavy atom. The Morgan fingerprint density at radius 2 is 1.00 bits per heavy atom. The molecule has 0 bridgehead atoms. The number of benzene rings is 3. The van der Waals surface area contributed by atoms with Crippen molar-refractivity contribution in [3.05, 3.63) is 97.5 Å². The lowest BCUT2D eigenvalue weighted by molar-refractivity contribution is 0.404. The first-order valence-electron chi connectivity index (χ1n) is 7.70. The highest BCUT2D eigenvalue weighted by molar-refractivity contribution is 6.15. The third-order valence-electron chi connectivity index (χ3n) is 4.06. The molecule has 110 valence electrons. The lowest BCUT2D eigenvalue weighted by atomic mass is 10.0. The van der Waals surface area contributed by atoms with Gasteiger partial charge in [0.25, 0.3) is 0 Å². The van der Waals surface area contributed by atoms with Crippen LogP contribution in [0.4, 0.5) is 0 Å². The second-order valence-electron chi connectivity index (χ2n) is 5.43. The maximum atomic E-state index is 4.77. The summed E-state index contributed by atoms with van der Waals surface area (Å²) in [5, 5.41) is 2.75. The average molecular weight is 296 g/mol. The number of rotatable bonds is 0. The lowest BCUT2D eigenvalue weighted by Gasteiger charge is -2.00. The molecule has 1 nitrogen and oxygen atoms in total. The molecular formula is C22H16O. The van der Waals surface area contributed by atoms with E-state index in [0.717, 1.165) is 0 Å². The first-order chi connectivity index (χ1) is 11.4. The molecule has 1 aliphatic carbocycles. The molecule has 0 amide bonds. The second-order valence-corrected chi connectivity index (χ2v) is 5.43. The number of allylic oxidation sites excluding steroid dienone is 4. The highest BCUT2D eigenvalue weighted by Gasteiger charge is 2.19. The van der Waals surface area contributed by atoms with Gasteiger partial charge in [0.2, 0.25) is 0 Å². The zero-order valence-electron chi connectivity index (χ0n) is 12.6. The molecule has 3 aromatic carbocycles. The maximum Gasteiger partial charge on any atom is 0.0901 e. The largest absolute Gasteiger partial charge is 0.473 e. The second kappa shape index (κ2) is 5.98. The first-order valence-corrected chi connectivity index (χ1v) is 7.70. The minimum Gasteiger partial charge on any atom is -0.473 e. The normalized spacial score (nSPS) is 13.0. The van der Waals surface area contributed by atoms with Gasteiger partial charge in [0.05, 0.1) is 12.5 Å². The van der Waals surface area contributed by atoms with Gasteiger partial charge in [-0.25, -0.2) is 0 Å². The van der Waals surface area contributed by atoms with Gasteiger partial charge in [-0.05, 0) is 45.2 Å². The third kappa shape index (κ3) is 2.47. The Bertz CT molecular complexity index is 873. The Balaban J connectivity index is 0.000000164. The first kappa shape index (κ1) is 13.6. The van der Waals surface area contributed by atoms with Crippen molar-refractivity contribution in [3.63, 3.8) is 0 Å². The van der Waals surface area contributed by atoms with Crippen LogP contribution in [0.25, 0.3) is 33.0 Å². The van der Waals surface area contributed by atoms with Gasteiger partial charge in [-0.15, -0.1) is 0 Å². The lowest BCUT2D eigenvalue weighted by Crippen LogP contribution is -1.73. The van der Waals surface area contributed by atoms with Gasteiger partial charge in [0.1, 0.15) is 0 Å². The van der Waals surface area contributed by atoms with E-state index in [9.17, 15) is 0 Å². The van der Waals surface area contributed by atoms with Crippen LogP contribution in [0.15, 0.2) is 97.5 Å². The predicted molar refractivity (Wildman–Crippen MR) is 96.9 cm³/mol. The molecule has 0 fully saturated rings. The third-order valence-corrected chi connectivity index (χ3v) is 4.06. The van der Waals surface area contributed by atoms with Crippen LogP contribution in [-0.2, 0) is 4.74 Å². The highest BCUT2D eigenvalue weighted by Crippen LogP contribution is 2.46. The van der Waals surface area contributed by atoms with E-state index in [0.29, 0.717) is 0 Å². The summed E-state index contributed by atoms with van der Waals surface area (Å²) in [4.78, 5) is 0. The fraction of sp³-hybridized carbons (Fsp3) is 0. The number of ether oxygens (including phenoxy) is 1. The fourth-order valence-corrected chi connectivity index (χ4v) is 3.10. The van der Waals surface area contributed by atoms with E-state index < -0.39 is 0 Å². The SMILES string of the molecule is C1=CC=COC=C1.c1ccc2c(c1)-c1cccc3cccc-2c13. The molecule has 0 unspecified atom stereocenters. The van der Waals surface area contributed by atoms with E-state index >= 15 is 0 Å². The summed E-state index contributed by atoms with van der Waals surface area (Å²) >= 11 is 0. The molecule has 0 radical (unpaired) electrons. The minimum atomic E-state index is 1.34. The van der Waals surface area contributed by atoms with Gasteiger partial charge >= 0.3 is 0 Å². The molecule has 3 aromatic rings. The van der Waals surface area contributed by atoms with Crippen molar-refractivity contribution in [2.24, 2.45) is 0 Å². The van der Waals surface area contributed by atoms with Crippen molar-refractivity contribution in [2.45, 2.75) is 0 Å². The quantitative estimate of drug-likeness (QED) is 0.381. The Hall–Kier alpha value is -3.06. The summed E-state index contributed by atoms with van der Waals surface area (Å²) in [6, 6.07) is 21.8. The van der Waals surface area contributed by atoms with Crippen molar-refractivity contribution in [1.82, 2.24) is 0 Å². The standard InChI is InChI=1S/C16H10.C6H6O/c1-2-8-13-12(7-1)14-9-3-5-11-6-4-10-15(13)16(11)14;1-2-4-6-7-5-3-1/h1-10H;1-6H. The van der Waals surface area contributed by atoms with E-state index in [-0.39, 0.29) is 0 Å². The topological polar surface area (TPSA) is 9.23 Å².